The van der Waals surface area contributed by atoms with E-state index < -0.39 is 147 Å². The molecule has 0 unspecified atom stereocenters. The molecule has 0 saturated heterocycles. The fraction of sp³-hybridized carbons (Fsp3) is 0.425. The summed E-state index contributed by atoms with van der Waals surface area (Å²) in [5.41, 5.74) is 18.2. The first-order valence-electron chi connectivity index (χ1n) is 20.7. The molecule has 2 aromatic heterocycles. The summed E-state index contributed by atoms with van der Waals surface area (Å²) in [4.78, 5) is 151. The number of carboxylic acids is 5. The van der Waals surface area contributed by atoms with Crippen LogP contribution in [0.4, 0.5) is 17.5 Å². The summed E-state index contributed by atoms with van der Waals surface area (Å²) in [6.07, 6.45) is -3.77. The first-order chi connectivity index (χ1) is 32.4. The lowest BCUT2D eigenvalue weighted by Crippen LogP contribution is -2.46. The Morgan fingerprint density at radius 3 is 1.30 bits per heavy atom. The van der Waals surface area contributed by atoms with Crippen LogP contribution in [0.5, 0.6) is 0 Å². The molecule has 1 aromatic carbocycles. The highest BCUT2D eigenvalue weighted by molar-refractivity contribution is 5.97. The number of rotatable bonds is 29. The van der Waals surface area contributed by atoms with Gasteiger partial charge in [0.25, 0.3) is 5.91 Å². The van der Waals surface area contributed by atoms with Crippen molar-refractivity contribution in [2.24, 2.45) is 5.73 Å². The summed E-state index contributed by atoms with van der Waals surface area (Å²) >= 11 is 0. The molecule has 3 aromatic rings. The van der Waals surface area contributed by atoms with Crippen molar-refractivity contribution in [3.63, 3.8) is 0 Å². The molecule has 0 spiro atoms. The second-order valence-corrected chi connectivity index (χ2v) is 15.3. The van der Waals surface area contributed by atoms with E-state index in [0.717, 1.165) is 0 Å². The predicted molar refractivity (Wildman–Crippen MR) is 235 cm³/mol. The van der Waals surface area contributed by atoms with Gasteiger partial charge in [0.15, 0.2) is 17.0 Å². The maximum Gasteiger partial charge on any atom is 0.326 e. The van der Waals surface area contributed by atoms with E-state index in [1.54, 1.807) is 24.1 Å². The first-order valence-corrected chi connectivity index (χ1v) is 20.7. The number of aromatic nitrogens is 4. The lowest BCUT2D eigenvalue weighted by atomic mass is 10.1. The van der Waals surface area contributed by atoms with Crippen molar-refractivity contribution in [3.8, 4) is 0 Å². The van der Waals surface area contributed by atoms with E-state index >= 15 is 0 Å². The van der Waals surface area contributed by atoms with Crippen molar-refractivity contribution in [1.82, 2.24) is 46.5 Å². The molecule has 29 heteroatoms. The van der Waals surface area contributed by atoms with Gasteiger partial charge in [0.2, 0.25) is 35.5 Å². The van der Waals surface area contributed by atoms with Crippen LogP contribution < -0.4 is 48.7 Å². The SMILES string of the molecule is CN(Cc1cnc2nc(N)nc(N)c2n1)c1ccc(C(=O)N[C@@H](CCC(=O)N[C@@H](CCC(=O)N[C@@H](CCC(=O)N[C@@H](CCC(=O)N[C@@H](CCC(N)=O)C(=O)O)C(=O)O)C(=O)O)C(=O)O)C(=O)O)cc1. The molecule has 0 radical (unpaired) electrons. The number of primary amides is 1. The van der Waals surface area contributed by atoms with Gasteiger partial charge in [-0.15, -0.1) is 0 Å². The number of carboxylic acid groups (broad SMARTS) is 5. The number of nitrogen functional groups attached to an aromatic ring is 2. The third kappa shape index (κ3) is 18.2. The summed E-state index contributed by atoms with van der Waals surface area (Å²) in [7, 11) is 1.74. The van der Waals surface area contributed by atoms with E-state index in [2.05, 4.69) is 46.5 Å². The quantitative estimate of drug-likeness (QED) is 0.0331. The van der Waals surface area contributed by atoms with Crippen LogP contribution in [0.3, 0.4) is 0 Å². The van der Waals surface area contributed by atoms with Gasteiger partial charge in [-0.25, -0.2) is 33.9 Å². The summed E-state index contributed by atoms with van der Waals surface area (Å²) < 4.78 is 0. The van der Waals surface area contributed by atoms with Crippen molar-refractivity contribution in [3.05, 3.63) is 41.7 Å². The van der Waals surface area contributed by atoms with Crippen molar-refractivity contribution in [2.75, 3.05) is 23.4 Å². The number of anilines is 3. The van der Waals surface area contributed by atoms with E-state index in [4.69, 9.17) is 17.2 Å². The molecule has 0 saturated carbocycles. The maximum atomic E-state index is 13.0. The zero-order valence-electron chi connectivity index (χ0n) is 36.7. The Bertz CT molecular complexity index is 2440. The van der Waals surface area contributed by atoms with Crippen LogP contribution in [0.2, 0.25) is 0 Å². The van der Waals surface area contributed by atoms with Gasteiger partial charge in [-0.05, 0) is 56.4 Å². The monoisotopic (exact) mass is 969 g/mol. The number of nitrogens with zero attached hydrogens (tertiary/aromatic N) is 5. The van der Waals surface area contributed by atoms with Crippen molar-refractivity contribution >= 4 is 93.9 Å². The number of nitrogens with two attached hydrogens (primary N) is 3. The molecule has 0 aliphatic carbocycles. The normalized spacial score (nSPS) is 13.0. The highest BCUT2D eigenvalue weighted by atomic mass is 16.4. The van der Waals surface area contributed by atoms with Gasteiger partial charge in [0.1, 0.15) is 30.2 Å². The molecule has 2 heterocycles. The molecule has 0 bridgehead atoms. The fourth-order valence-electron chi connectivity index (χ4n) is 6.24. The molecule has 29 nitrogen and oxygen atoms in total. The van der Waals surface area contributed by atoms with Crippen molar-refractivity contribution < 1.29 is 78.3 Å². The molecule has 6 amide bonds. The number of fused-ring (bicyclic) bond motifs is 1. The molecular formula is C40H51N13O16. The minimum absolute atomic E-state index is 0.0509. The maximum absolute atomic E-state index is 13.0. The number of carbonyl (C=O) groups is 11. The highest BCUT2D eigenvalue weighted by Gasteiger charge is 2.28. The van der Waals surface area contributed by atoms with Crippen LogP contribution in [0.15, 0.2) is 30.5 Å². The van der Waals surface area contributed by atoms with Gasteiger partial charge in [-0.1, -0.05) is 0 Å². The van der Waals surface area contributed by atoms with E-state index in [1.165, 1.54) is 18.3 Å². The molecule has 0 aliphatic heterocycles. The van der Waals surface area contributed by atoms with Crippen LogP contribution in [0.1, 0.15) is 80.3 Å². The van der Waals surface area contributed by atoms with Gasteiger partial charge in [-0.2, -0.15) is 9.97 Å². The minimum Gasteiger partial charge on any atom is -0.480 e. The van der Waals surface area contributed by atoms with E-state index in [1.807, 2.05) is 0 Å². The standard InChI is InChI=1S/C40H51N13O16/c1-53(17-19-16-44-33-31(45-19)32(42)51-40(43)52-33)20-4-2-18(3-5-20)34(59)50-25(39(68)69)10-15-30(58)49-24(38(66)67)9-14-29(57)48-23(37(64)65)8-13-28(56)47-22(36(62)63)7-12-27(55)46-21(35(60)61)6-11-26(41)54/h2-5,16,21-25H,6-15,17H2,1H3,(H2,41,54)(H,46,55)(H,47,56)(H,48,57)(H,49,58)(H,50,59)(H,60,61)(H,62,63)(H,64,65)(H,66,67)(H,68,69)(H4,42,43,44,51,52)/t21-,22-,23-,24-,25-/m0/s1. The third-order valence-corrected chi connectivity index (χ3v) is 9.93. The topological polar surface area (TPSA) is 482 Å². The Morgan fingerprint density at radius 2 is 0.928 bits per heavy atom. The summed E-state index contributed by atoms with van der Waals surface area (Å²) in [5, 5.41) is 58.5. The fourth-order valence-corrected chi connectivity index (χ4v) is 6.24. The van der Waals surface area contributed by atoms with E-state index in [0.29, 0.717) is 11.4 Å². The second-order valence-electron chi connectivity index (χ2n) is 15.3. The number of aliphatic carboxylic acids is 5. The molecule has 372 valence electrons. The first kappa shape index (κ1) is 54.5. The van der Waals surface area contributed by atoms with Gasteiger partial charge in [0.05, 0.1) is 18.4 Å². The number of benzene rings is 1. The Balaban J connectivity index is 1.46. The molecule has 3 rings (SSSR count). The molecule has 69 heavy (non-hydrogen) atoms. The average Bonchev–Trinajstić information content (AvgIpc) is 3.27. The Kier molecular flexibility index (Phi) is 20.4. The number of hydrogen-bond donors (Lipinski definition) is 13. The van der Waals surface area contributed by atoms with Crippen molar-refractivity contribution in [1.29, 1.82) is 0 Å². The van der Waals surface area contributed by atoms with Gasteiger partial charge in [-0.3, -0.25) is 28.8 Å². The van der Waals surface area contributed by atoms with Crippen LogP contribution in [0, 0.1) is 0 Å². The largest absolute Gasteiger partial charge is 0.480 e. The van der Waals surface area contributed by atoms with E-state index in [9.17, 15) is 78.3 Å². The molecule has 0 fully saturated rings. The van der Waals surface area contributed by atoms with Gasteiger partial charge in [0, 0.05) is 50.4 Å². The van der Waals surface area contributed by atoms with Crippen molar-refractivity contribution in [2.45, 2.75) is 101 Å². The van der Waals surface area contributed by atoms with Gasteiger partial charge < -0.3 is 74.2 Å². The summed E-state index contributed by atoms with van der Waals surface area (Å²) in [5.74, 6) is -13.2. The minimum atomic E-state index is -1.72. The van der Waals surface area contributed by atoms with Crippen LogP contribution in [0.25, 0.3) is 11.2 Å². The number of hydrogen-bond acceptors (Lipinski definition) is 18. The predicted octanol–water partition coefficient (Wildman–Crippen LogP) is -2.93. The second kappa shape index (κ2) is 25.8. The zero-order chi connectivity index (χ0) is 51.5. The Labute approximate surface area is 390 Å². The molecular weight excluding hydrogens is 919 g/mol. The Hall–Kier alpha value is -8.79. The smallest absolute Gasteiger partial charge is 0.326 e. The highest BCUT2D eigenvalue weighted by Crippen LogP contribution is 2.19. The van der Waals surface area contributed by atoms with Crippen LogP contribution in [-0.4, -0.2) is 148 Å². The van der Waals surface area contributed by atoms with Crippen LogP contribution in [-0.2, 0) is 54.5 Å². The average molecular weight is 970 g/mol. The number of amides is 6. The number of nitrogens with one attached hydrogen (secondary N) is 5. The van der Waals surface area contributed by atoms with Crippen LogP contribution >= 0.6 is 0 Å². The molecule has 0 aliphatic rings. The van der Waals surface area contributed by atoms with E-state index in [-0.39, 0.29) is 47.9 Å². The molecule has 5 atom stereocenters. The number of carbonyl (C=O) groups excluding carboxylic acids is 6. The summed E-state index contributed by atoms with van der Waals surface area (Å²) in [6.45, 7) is 0.254. The zero-order valence-corrected chi connectivity index (χ0v) is 36.7. The third-order valence-electron chi connectivity index (χ3n) is 9.93. The molecule has 16 N–H and O–H groups in total. The Morgan fingerprint density at radius 1 is 0.551 bits per heavy atom. The lowest BCUT2D eigenvalue weighted by molar-refractivity contribution is -0.144. The summed E-state index contributed by atoms with van der Waals surface area (Å²) in [6, 6.07) is -2.13. The lowest BCUT2D eigenvalue weighted by Gasteiger charge is -2.20. The van der Waals surface area contributed by atoms with Gasteiger partial charge >= 0.3 is 29.8 Å².